The number of piperazine rings is 1. The molecule has 264 valence electrons. The maximum atomic E-state index is 14.7. The zero-order valence-electron chi connectivity index (χ0n) is 29.3. The van der Waals surface area contributed by atoms with Gasteiger partial charge in [-0.1, -0.05) is 42.5 Å². The standard InChI is InChI=1S/C41H48FN3O5/c1-26-21-27(2)28(3)37(22-26)50-20-18-30-7-11-31(12-8-30)35-23-33-24-44(38(46)5-4-6-39(47)48)25-36(43-33)40(35)41(49)45(34-15-16-34)19-17-29-9-13-32(42)14-10-29/h7-14,21-22,33-34,36,43H,4-6,15-20,23-25H2,1-3H3,(H,47,48)/t33-,36-/m1/s1. The minimum absolute atomic E-state index is 0.0120. The molecular formula is C41H48FN3O5. The third-order valence-corrected chi connectivity index (χ3v) is 10.3. The molecule has 0 radical (unpaired) electrons. The molecule has 8 nitrogen and oxygen atoms in total. The predicted octanol–water partition coefficient (Wildman–Crippen LogP) is 6.19. The largest absolute Gasteiger partial charge is 0.493 e. The van der Waals surface area contributed by atoms with Gasteiger partial charge in [0.1, 0.15) is 11.6 Å². The lowest BCUT2D eigenvalue weighted by atomic mass is 9.82. The summed E-state index contributed by atoms with van der Waals surface area (Å²) in [6, 6.07) is 18.9. The summed E-state index contributed by atoms with van der Waals surface area (Å²) in [5.74, 6) is -0.358. The second kappa shape index (κ2) is 15.6. The molecule has 2 fully saturated rings. The fourth-order valence-electron chi connectivity index (χ4n) is 7.31. The zero-order valence-corrected chi connectivity index (χ0v) is 29.3. The number of hydrogen-bond donors (Lipinski definition) is 2. The molecule has 2 aliphatic heterocycles. The number of nitrogens with zero attached hydrogens (tertiary/aromatic N) is 2. The van der Waals surface area contributed by atoms with E-state index in [4.69, 9.17) is 9.84 Å². The molecule has 2 N–H and O–H groups in total. The summed E-state index contributed by atoms with van der Waals surface area (Å²) in [7, 11) is 0. The van der Waals surface area contributed by atoms with Gasteiger partial charge in [-0.05, 0) is 110 Å². The van der Waals surface area contributed by atoms with E-state index >= 15 is 0 Å². The van der Waals surface area contributed by atoms with E-state index in [1.807, 2.05) is 4.90 Å². The highest BCUT2D eigenvalue weighted by atomic mass is 19.1. The first-order valence-electron chi connectivity index (χ1n) is 17.9. The number of aryl methyl sites for hydroxylation is 2. The molecule has 3 aromatic carbocycles. The Morgan fingerprint density at radius 3 is 2.34 bits per heavy atom. The Balaban J connectivity index is 1.23. The Bertz CT molecular complexity index is 1750. The van der Waals surface area contributed by atoms with Gasteiger partial charge in [-0.3, -0.25) is 14.4 Å². The lowest BCUT2D eigenvalue weighted by Gasteiger charge is -2.45. The number of hydrogen-bond acceptors (Lipinski definition) is 5. The van der Waals surface area contributed by atoms with E-state index in [1.54, 1.807) is 17.0 Å². The molecule has 1 saturated heterocycles. The van der Waals surface area contributed by atoms with Crippen molar-refractivity contribution in [2.24, 2.45) is 0 Å². The Morgan fingerprint density at radius 1 is 0.940 bits per heavy atom. The van der Waals surface area contributed by atoms with Crippen molar-refractivity contribution >= 4 is 23.4 Å². The topological polar surface area (TPSA) is 99.2 Å². The number of carbonyl (C=O) groups excluding carboxylic acids is 2. The summed E-state index contributed by atoms with van der Waals surface area (Å²) in [5.41, 5.74) is 8.41. The summed E-state index contributed by atoms with van der Waals surface area (Å²) >= 11 is 0. The van der Waals surface area contributed by atoms with Crippen LogP contribution in [0.2, 0.25) is 0 Å². The van der Waals surface area contributed by atoms with Crippen molar-refractivity contribution in [3.05, 3.63) is 105 Å². The van der Waals surface area contributed by atoms with Crippen LogP contribution in [0.25, 0.3) is 5.57 Å². The average molecular weight is 682 g/mol. The summed E-state index contributed by atoms with van der Waals surface area (Å²) < 4.78 is 19.8. The SMILES string of the molecule is Cc1cc(C)c(C)c(OCCc2ccc(C3=C(C(=O)N(CCc4ccc(F)cc4)C4CC4)[C@H]4CN(C(=O)CCCC(=O)O)C[C@@H](C3)N4)cc2)c1. The molecule has 0 aromatic heterocycles. The molecular weight excluding hydrogens is 633 g/mol. The quantitative estimate of drug-likeness (QED) is 0.211. The van der Waals surface area contributed by atoms with Crippen LogP contribution in [0.5, 0.6) is 5.75 Å². The predicted molar refractivity (Wildman–Crippen MR) is 191 cm³/mol. The molecule has 1 aliphatic carbocycles. The smallest absolute Gasteiger partial charge is 0.303 e. The van der Waals surface area contributed by atoms with Crippen molar-refractivity contribution in [2.45, 2.75) is 90.3 Å². The average Bonchev–Trinajstić information content (AvgIpc) is 3.93. The van der Waals surface area contributed by atoms with Gasteiger partial charge in [-0.15, -0.1) is 0 Å². The number of benzene rings is 3. The molecule has 50 heavy (non-hydrogen) atoms. The number of nitrogens with one attached hydrogen (secondary N) is 1. The number of halogens is 1. The highest BCUT2D eigenvalue weighted by Crippen LogP contribution is 2.37. The first-order valence-corrected chi connectivity index (χ1v) is 17.9. The van der Waals surface area contributed by atoms with Gasteiger partial charge in [-0.2, -0.15) is 0 Å². The lowest BCUT2D eigenvalue weighted by molar-refractivity contribution is -0.138. The highest BCUT2D eigenvalue weighted by Gasteiger charge is 2.43. The third-order valence-electron chi connectivity index (χ3n) is 10.3. The van der Waals surface area contributed by atoms with Crippen LogP contribution in [0.1, 0.15) is 71.9 Å². The van der Waals surface area contributed by atoms with Crippen LogP contribution >= 0.6 is 0 Å². The molecule has 0 spiro atoms. The molecule has 2 amide bonds. The molecule has 0 unspecified atom stereocenters. The van der Waals surface area contributed by atoms with Crippen LogP contribution < -0.4 is 10.1 Å². The molecule has 3 aromatic rings. The maximum Gasteiger partial charge on any atom is 0.303 e. The number of ether oxygens (including phenoxy) is 1. The van der Waals surface area contributed by atoms with Crippen molar-refractivity contribution < 1.29 is 28.6 Å². The normalized spacial score (nSPS) is 18.6. The number of aliphatic carboxylic acids is 1. The summed E-state index contributed by atoms with van der Waals surface area (Å²) in [6.07, 6.45) is 4.29. The molecule has 3 aliphatic rings. The van der Waals surface area contributed by atoms with Crippen LogP contribution in [-0.4, -0.2) is 77.1 Å². The van der Waals surface area contributed by atoms with Gasteiger partial charge >= 0.3 is 5.97 Å². The Morgan fingerprint density at radius 2 is 1.64 bits per heavy atom. The van der Waals surface area contributed by atoms with Gasteiger partial charge in [0, 0.05) is 56.6 Å². The minimum Gasteiger partial charge on any atom is -0.493 e. The van der Waals surface area contributed by atoms with Crippen molar-refractivity contribution in [3.8, 4) is 5.75 Å². The van der Waals surface area contributed by atoms with Crippen molar-refractivity contribution in [1.29, 1.82) is 0 Å². The van der Waals surface area contributed by atoms with Crippen LogP contribution in [0.4, 0.5) is 4.39 Å². The van der Waals surface area contributed by atoms with E-state index in [-0.39, 0.29) is 48.6 Å². The molecule has 1 saturated carbocycles. The fraction of sp³-hybridized carbons (Fsp3) is 0.439. The van der Waals surface area contributed by atoms with Gasteiger partial charge in [-0.25, -0.2) is 4.39 Å². The second-order valence-electron chi connectivity index (χ2n) is 14.2. The van der Waals surface area contributed by atoms with Crippen LogP contribution in [0.3, 0.4) is 0 Å². The molecule has 9 heteroatoms. The Kier molecular flexibility index (Phi) is 11.0. The monoisotopic (exact) mass is 681 g/mol. The van der Waals surface area contributed by atoms with Crippen molar-refractivity contribution in [1.82, 2.24) is 15.1 Å². The highest BCUT2D eigenvalue weighted by molar-refractivity contribution is 6.03. The van der Waals surface area contributed by atoms with Crippen LogP contribution in [0.15, 0.2) is 66.2 Å². The van der Waals surface area contributed by atoms with E-state index in [0.29, 0.717) is 51.1 Å². The lowest BCUT2D eigenvalue weighted by Crippen LogP contribution is -2.62. The van der Waals surface area contributed by atoms with Crippen LogP contribution in [-0.2, 0) is 27.2 Å². The summed E-state index contributed by atoms with van der Waals surface area (Å²) in [6.45, 7) is 8.22. The van der Waals surface area contributed by atoms with E-state index in [2.05, 4.69) is 62.5 Å². The van der Waals surface area contributed by atoms with Gasteiger partial charge in [0.05, 0.1) is 12.6 Å². The van der Waals surface area contributed by atoms with Crippen molar-refractivity contribution in [3.63, 3.8) is 0 Å². The number of amides is 2. The van der Waals surface area contributed by atoms with Gasteiger partial charge in [0.25, 0.3) is 5.91 Å². The van der Waals surface area contributed by atoms with Gasteiger partial charge in [0.2, 0.25) is 5.91 Å². The molecule has 2 heterocycles. The van der Waals surface area contributed by atoms with E-state index in [1.165, 1.54) is 23.3 Å². The molecule has 6 rings (SSSR count). The zero-order chi connectivity index (χ0) is 35.4. The van der Waals surface area contributed by atoms with Crippen molar-refractivity contribution in [2.75, 3.05) is 26.2 Å². The number of carbonyl (C=O) groups is 3. The first kappa shape index (κ1) is 35.3. The van der Waals surface area contributed by atoms with E-state index in [9.17, 15) is 18.8 Å². The summed E-state index contributed by atoms with van der Waals surface area (Å²) in [5, 5.41) is 12.7. The number of carboxylic acid groups (broad SMARTS) is 1. The van der Waals surface area contributed by atoms with E-state index < -0.39 is 5.97 Å². The van der Waals surface area contributed by atoms with Gasteiger partial charge in [0.15, 0.2) is 0 Å². The second-order valence-corrected chi connectivity index (χ2v) is 14.2. The van der Waals surface area contributed by atoms with Gasteiger partial charge < -0.3 is 25.0 Å². The number of rotatable bonds is 14. The third kappa shape index (κ3) is 8.62. The number of fused-ring (bicyclic) bond motifs is 2. The molecule has 2 bridgehead atoms. The Hall–Kier alpha value is -4.50. The Labute approximate surface area is 294 Å². The fourth-order valence-corrected chi connectivity index (χ4v) is 7.31. The summed E-state index contributed by atoms with van der Waals surface area (Å²) in [4.78, 5) is 42.7. The molecule has 2 atom stereocenters. The maximum absolute atomic E-state index is 14.7. The minimum atomic E-state index is -0.911. The first-order chi connectivity index (χ1) is 24.0. The van der Waals surface area contributed by atoms with E-state index in [0.717, 1.165) is 52.8 Å². The number of carboxylic acids is 1. The van der Waals surface area contributed by atoms with Crippen LogP contribution in [0, 0.1) is 26.6 Å².